The van der Waals surface area contributed by atoms with Crippen LogP contribution in [0.4, 0.5) is 5.69 Å². The summed E-state index contributed by atoms with van der Waals surface area (Å²) in [4.78, 5) is 54.4. The fraction of sp³-hybridized carbons (Fsp3) is 0.417. The lowest BCUT2D eigenvalue weighted by Gasteiger charge is -2.50. The number of nitrogens with one attached hydrogen (secondary N) is 1. The van der Waals surface area contributed by atoms with E-state index in [0.29, 0.717) is 11.3 Å². The summed E-state index contributed by atoms with van der Waals surface area (Å²) in [7, 11) is 6.39. The summed E-state index contributed by atoms with van der Waals surface area (Å²) in [6, 6.07) is 0.212. The van der Waals surface area contributed by atoms with Crippen molar-refractivity contribution in [1.29, 1.82) is 0 Å². The van der Waals surface area contributed by atoms with Crippen LogP contribution in [0.2, 0.25) is 0 Å². The van der Waals surface area contributed by atoms with Gasteiger partial charge < -0.3 is 31.1 Å². The molecule has 4 rings (SSSR count). The highest BCUT2D eigenvalue weighted by molar-refractivity contribution is 6.25. The van der Waals surface area contributed by atoms with E-state index in [1.807, 2.05) is 0 Å². The van der Waals surface area contributed by atoms with Gasteiger partial charge in [-0.1, -0.05) is 0 Å². The molecule has 198 valence electrons. The number of phenols is 1. The maximum Gasteiger partial charge on any atom is 0.278 e. The SMILES string of the molecule is CN(C)c1cc(C(=O)NO)c(O)c2c1C[C@H]1C[C@H]3[C@H](N(C)C)C(O)=C(C(N)=O)C(=O)[C@@]3(O)C(O)=C1C2=O. The van der Waals surface area contributed by atoms with Crippen LogP contribution in [0.1, 0.15) is 32.7 Å². The first-order valence-corrected chi connectivity index (χ1v) is 11.3. The first kappa shape index (κ1) is 26.1. The fourth-order valence-electron chi connectivity index (χ4n) is 5.93. The first-order chi connectivity index (χ1) is 17.2. The number of carbonyl (C=O) groups is 4. The Bertz CT molecular complexity index is 1330. The van der Waals surface area contributed by atoms with Crippen molar-refractivity contribution < 1.29 is 44.8 Å². The van der Waals surface area contributed by atoms with Gasteiger partial charge in [-0.05, 0) is 44.5 Å². The minimum absolute atomic E-state index is 0.0573. The van der Waals surface area contributed by atoms with E-state index in [-0.39, 0.29) is 24.0 Å². The number of hydrogen-bond acceptors (Lipinski definition) is 11. The Kier molecular flexibility index (Phi) is 6.06. The molecule has 4 atom stereocenters. The Hall–Kier alpha value is -3.94. The maximum absolute atomic E-state index is 13.8. The number of aliphatic hydroxyl groups excluding tert-OH is 2. The smallest absolute Gasteiger partial charge is 0.278 e. The van der Waals surface area contributed by atoms with Crippen LogP contribution in [0.3, 0.4) is 0 Å². The van der Waals surface area contributed by atoms with Gasteiger partial charge >= 0.3 is 0 Å². The molecule has 37 heavy (non-hydrogen) atoms. The van der Waals surface area contributed by atoms with Crippen molar-refractivity contribution in [3.05, 3.63) is 45.4 Å². The number of phenolic OH excluding ortho intramolecular Hbond substituents is 1. The van der Waals surface area contributed by atoms with Gasteiger partial charge in [0.2, 0.25) is 5.78 Å². The lowest BCUT2D eigenvalue weighted by atomic mass is 9.58. The number of anilines is 1. The van der Waals surface area contributed by atoms with Crippen molar-refractivity contribution in [1.82, 2.24) is 10.4 Å². The van der Waals surface area contributed by atoms with E-state index in [1.54, 1.807) is 33.1 Å². The molecular weight excluding hydrogens is 488 g/mol. The minimum Gasteiger partial charge on any atom is -0.510 e. The Morgan fingerprint density at radius 1 is 1.14 bits per heavy atom. The third-order valence-corrected chi connectivity index (χ3v) is 7.53. The van der Waals surface area contributed by atoms with Crippen molar-refractivity contribution in [2.45, 2.75) is 24.5 Å². The molecule has 2 amide bonds. The van der Waals surface area contributed by atoms with Gasteiger partial charge in [0, 0.05) is 31.3 Å². The average molecular weight is 517 g/mol. The zero-order valence-electron chi connectivity index (χ0n) is 20.6. The van der Waals surface area contributed by atoms with Crippen LogP contribution in [0, 0.1) is 11.8 Å². The molecular formula is C24H28N4O9. The van der Waals surface area contributed by atoms with Crippen molar-refractivity contribution in [2.75, 3.05) is 33.1 Å². The van der Waals surface area contributed by atoms with E-state index in [9.17, 15) is 39.6 Å². The molecule has 1 aromatic rings. The number of hydrogen-bond donors (Lipinski definition) is 7. The molecule has 0 heterocycles. The summed E-state index contributed by atoms with van der Waals surface area (Å²) in [6.07, 6.45) is 0.00884. The normalized spacial score (nSPS) is 27.1. The number of nitrogens with zero attached hydrogens (tertiary/aromatic N) is 2. The molecule has 0 bridgehead atoms. The number of rotatable bonds is 4. The number of nitrogens with two attached hydrogens (primary N) is 1. The fourth-order valence-corrected chi connectivity index (χ4v) is 5.93. The van der Waals surface area contributed by atoms with Crippen LogP contribution in [0.5, 0.6) is 5.75 Å². The summed E-state index contributed by atoms with van der Waals surface area (Å²) < 4.78 is 0. The van der Waals surface area contributed by atoms with E-state index in [0.717, 1.165) is 0 Å². The number of aliphatic hydroxyl groups is 3. The Morgan fingerprint density at radius 2 is 1.76 bits per heavy atom. The molecule has 3 aliphatic carbocycles. The number of ketones is 2. The third-order valence-electron chi connectivity index (χ3n) is 7.53. The molecule has 13 heteroatoms. The number of allylic oxidation sites excluding steroid dienone is 1. The van der Waals surface area contributed by atoms with Gasteiger partial charge in [0.1, 0.15) is 22.8 Å². The quantitative estimate of drug-likeness (QED) is 0.151. The Balaban J connectivity index is 2.01. The van der Waals surface area contributed by atoms with Crippen molar-refractivity contribution in [3.8, 4) is 5.75 Å². The van der Waals surface area contributed by atoms with Gasteiger partial charge in [0.05, 0.1) is 17.2 Å². The Labute approximate surface area is 211 Å². The third kappa shape index (κ3) is 3.42. The molecule has 0 aromatic heterocycles. The van der Waals surface area contributed by atoms with E-state index >= 15 is 0 Å². The van der Waals surface area contributed by atoms with Gasteiger partial charge in [0.15, 0.2) is 11.4 Å². The number of primary amides is 1. The van der Waals surface area contributed by atoms with E-state index in [2.05, 4.69) is 0 Å². The van der Waals surface area contributed by atoms with Gasteiger partial charge in [0.25, 0.3) is 11.8 Å². The maximum atomic E-state index is 13.8. The average Bonchev–Trinajstić information content (AvgIpc) is 2.80. The number of benzene rings is 1. The monoisotopic (exact) mass is 516 g/mol. The van der Waals surface area contributed by atoms with Crippen LogP contribution in [-0.4, -0.2) is 93.7 Å². The molecule has 3 aliphatic rings. The minimum atomic E-state index is -2.76. The van der Waals surface area contributed by atoms with E-state index < -0.39 is 75.3 Å². The summed E-state index contributed by atoms with van der Waals surface area (Å²) in [5.74, 6) is -8.96. The summed E-state index contributed by atoms with van der Waals surface area (Å²) in [5, 5.41) is 53.7. The lowest BCUT2D eigenvalue weighted by molar-refractivity contribution is -0.148. The molecule has 0 aliphatic heterocycles. The molecule has 0 radical (unpaired) electrons. The van der Waals surface area contributed by atoms with Crippen LogP contribution in [0.25, 0.3) is 0 Å². The molecule has 0 saturated heterocycles. The number of likely N-dealkylation sites (N-methyl/N-ethyl adjacent to an activating group) is 1. The standard InChI is InChI=1S/C24H28N4O9/c1-27(2)12-7-10(23(35)26-37)17(29)14-9(12)5-8-6-11-16(28(3)4)19(31)15(22(25)34)21(33)24(11,36)20(32)13(8)18(14)30/h7-8,11,16,29,31-32,36-37H,5-6H2,1-4H3,(H2,25,34)(H,26,35)/t8-,11-,16-,24-/m0/s1. The Morgan fingerprint density at radius 3 is 2.27 bits per heavy atom. The number of carbonyl (C=O) groups excluding carboxylic acids is 4. The van der Waals surface area contributed by atoms with Crippen LogP contribution in [0.15, 0.2) is 28.7 Å². The molecule has 0 unspecified atom stereocenters. The van der Waals surface area contributed by atoms with Crippen molar-refractivity contribution >= 4 is 29.1 Å². The van der Waals surface area contributed by atoms with Crippen LogP contribution in [-0.2, 0) is 16.0 Å². The van der Waals surface area contributed by atoms with Crippen LogP contribution < -0.4 is 16.1 Å². The van der Waals surface area contributed by atoms with Gasteiger partial charge in [-0.2, -0.15) is 0 Å². The highest BCUT2D eigenvalue weighted by Crippen LogP contribution is 2.53. The lowest BCUT2D eigenvalue weighted by Crippen LogP contribution is -2.63. The molecule has 0 fully saturated rings. The predicted molar refractivity (Wildman–Crippen MR) is 127 cm³/mol. The molecule has 8 N–H and O–H groups in total. The van der Waals surface area contributed by atoms with Crippen molar-refractivity contribution in [3.63, 3.8) is 0 Å². The second-order valence-corrected chi connectivity index (χ2v) is 9.94. The van der Waals surface area contributed by atoms with Crippen LogP contribution >= 0.6 is 0 Å². The number of Topliss-reactive ketones (excluding diaryl/α,β-unsaturated/α-hetero) is 2. The predicted octanol–water partition coefficient (Wildman–Crippen LogP) is -0.694. The summed E-state index contributed by atoms with van der Waals surface area (Å²) in [5.41, 5.74) is 2.73. The number of hydroxylamine groups is 1. The highest BCUT2D eigenvalue weighted by Gasteiger charge is 2.63. The highest BCUT2D eigenvalue weighted by atomic mass is 16.5. The summed E-state index contributed by atoms with van der Waals surface area (Å²) in [6.45, 7) is 0. The first-order valence-electron chi connectivity index (χ1n) is 11.3. The topological polar surface area (TPSA) is 214 Å². The number of amides is 2. The zero-order chi connectivity index (χ0) is 27.7. The van der Waals surface area contributed by atoms with Gasteiger partial charge in [-0.3, -0.25) is 29.3 Å². The second-order valence-electron chi connectivity index (χ2n) is 9.94. The molecule has 0 saturated carbocycles. The van der Waals surface area contributed by atoms with Gasteiger partial charge in [-0.25, -0.2) is 5.48 Å². The number of aromatic hydroxyl groups is 1. The molecule has 0 spiro atoms. The summed E-state index contributed by atoms with van der Waals surface area (Å²) >= 11 is 0. The second kappa shape index (κ2) is 8.57. The van der Waals surface area contributed by atoms with Crippen molar-refractivity contribution in [2.24, 2.45) is 17.6 Å². The van der Waals surface area contributed by atoms with E-state index in [4.69, 9.17) is 10.9 Å². The molecule has 1 aromatic carbocycles. The van der Waals surface area contributed by atoms with Gasteiger partial charge in [-0.15, -0.1) is 0 Å². The number of fused-ring (bicyclic) bond motifs is 3. The molecule has 13 nitrogen and oxygen atoms in total. The zero-order valence-corrected chi connectivity index (χ0v) is 20.6. The largest absolute Gasteiger partial charge is 0.510 e. The van der Waals surface area contributed by atoms with E-state index in [1.165, 1.54) is 16.4 Å².